The summed E-state index contributed by atoms with van der Waals surface area (Å²) in [5.74, 6) is 0.906. The van der Waals surface area contributed by atoms with Gasteiger partial charge in [0.25, 0.3) is 0 Å². The molecule has 0 radical (unpaired) electrons. The lowest BCUT2D eigenvalue weighted by atomic mass is 9.73. The molecule has 0 aromatic heterocycles. The zero-order valence-electron chi connectivity index (χ0n) is 11.8. The Morgan fingerprint density at radius 2 is 2.18 bits per heavy atom. The van der Waals surface area contributed by atoms with Crippen LogP contribution >= 0.6 is 0 Å². The molecule has 0 amide bonds. The van der Waals surface area contributed by atoms with E-state index in [1.54, 1.807) is 0 Å². The van der Waals surface area contributed by atoms with Crippen LogP contribution in [0, 0.1) is 5.92 Å². The van der Waals surface area contributed by atoms with Gasteiger partial charge in [-0.25, -0.2) is 0 Å². The lowest BCUT2D eigenvalue weighted by Crippen LogP contribution is -2.55. The molecule has 2 atom stereocenters. The molecule has 0 aliphatic heterocycles. The maximum Gasteiger partial charge on any atom is 0.178 e. The normalized spacial score (nSPS) is 29.6. The van der Waals surface area contributed by atoms with E-state index in [0.717, 1.165) is 25.7 Å². The zero-order valence-corrected chi connectivity index (χ0v) is 11.8. The van der Waals surface area contributed by atoms with Gasteiger partial charge in [-0.05, 0) is 39.3 Å². The molecular formula is C14H27NO2. The second kappa shape index (κ2) is 6.50. The molecule has 1 fully saturated rings. The molecule has 0 aromatic carbocycles. The first-order chi connectivity index (χ1) is 8.03. The molecule has 2 unspecified atom stereocenters. The number of nitrogens with zero attached hydrogens (tertiary/aromatic N) is 1. The van der Waals surface area contributed by atoms with Crippen molar-refractivity contribution in [2.45, 2.75) is 51.5 Å². The van der Waals surface area contributed by atoms with E-state index in [0.29, 0.717) is 12.5 Å². The van der Waals surface area contributed by atoms with E-state index >= 15 is 0 Å². The number of rotatable bonds is 6. The monoisotopic (exact) mass is 241 g/mol. The van der Waals surface area contributed by atoms with Crippen molar-refractivity contribution in [1.29, 1.82) is 0 Å². The minimum absolute atomic E-state index is 0.266. The van der Waals surface area contributed by atoms with Crippen molar-refractivity contribution >= 4 is 5.78 Å². The third-order valence-corrected chi connectivity index (χ3v) is 3.93. The van der Waals surface area contributed by atoms with E-state index in [4.69, 9.17) is 4.74 Å². The average molecular weight is 241 g/mol. The van der Waals surface area contributed by atoms with Crippen LogP contribution in [-0.4, -0.2) is 43.5 Å². The van der Waals surface area contributed by atoms with Crippen molar-refractivity contribution in [3.63, 3.8) is 0 Å². The summed E-state index contributed by atoms with van der Waals surface area (Å²) < 4.78 is 5.43. The average Bonchev–Trinajstić information content (AvgIpc) is 2.28. The molecule has 0 N–H and O–H groups in total. The Kier molecular flexibility index (Phi) is 5.60. The number of Topliss-reactive ketones (excluding diaryl/α,β-unsaturated/α-hetero) is 1. The van der Waals surface area contributed by atoms with Gasteiger partial charge in [0.15, 0.2) is 5.78 Å². The van der Waals surface area contributed by atoms with Crippen molar-refractivity contribution in [3.05, 3.63) is 0 Å². The first kappa shape index (κ1) is 14.7. The van der Waals surface area contributed by atoms with Crippen LogP contribution in [0.15, 0.2) is 0 Å². The van der Waals surface area contributed by atoms with Gasteiger partial charge in [-0.15, -0.1) is 0 Å². The van der Waals surface area contributed by atoms with Gasteiger partial charge in [0.2, 0.25) is 0 Å². The van der Waals surface area contributed by atoms with Gasteiger partial charge in [0.05, 0.1) is 5.54 Å². The van der Waals surface area contributed by atoms with Crippen LogP contribution in [0.3, 0.4) is 0 Å². The Morgan fingerprint density at radius 1 is 1.47 bits per heavy atom. The summed E-state index contributed by atoms with van der Waals surface area (Å²) in [6.07, 6.45) is 5.34. The minimum atomic E-state index is -0.272. The Labute approximate surface area is 106 Å². The smallest absolute Gasteiger partial charge is 0.178 e. The van der Waals surface area contributed by atoms with Gasteiger partial charge in [0.1, 0.15) is 6.61 Å². The summed E-state index contributed by atoms with van der Waals surface area (Å²) in [6.45, 7) is 5.27. The second-order valence-corrected chi connectivity index (χ2v) is 5.60. The summed E-state index contributed by atoms with van der Waals surface area (Å²) >= 11 is 0. The number of likely N-dealkylation sites (N-methyl/N-ethyl adjacent to an activating group) is 1. The van der Waals surface area contributed by atoms with Crippen LogP contribution in [0.5, 0.6) is 0 Å². The summed E-state index contributed by atoms with van der Waals surface area (Å²) in [5, 5.41) is 0. The predicted octanol–water partition coefficient (Wildman–Crippen LogP) is 2.49. The lowest BCUT2D eigenvalue weighted by Gasteiger charge is -2.43. The molecule has 1 aliphatic rings. The van der Waals surface area contributed by atoms with E-state index in [1.807, 2.05) is 14.1 Å². The molecule has 17 heavy (non-hydrogen) atoms. The van der Waals surface area contributed by atoms with Crippen LogP contribution in [-0.2, 0) is 9.53 Å². The number of ether oxygens (including phenoxy) is 1. The fraction of sp³-hybridized carbons (Fsp3) is 0.929. The fourth-order valence-corrected chi connectivity index (χ4v) is 2.88. The summed E-state index contributed by atoms with van der Waals surface area (Å²) in [7, 11) is 4.05. The van der Waals surface area contributed by atoms with Crippen molar-refractivity contribution in [2.24, 2.45) is 5.92 Å². The van der Waals surface area contributed by atoms with E-state index < -0.39 is 0 Å². The third kappa shape index (κ3) is 3.52. The van der Waals surface area contributed by atoms with Gasteiger partial charge in [-0.1, -0.05) is 26.7 Å². The number of hydrogen-bond acceptors (Lipinski definition) is 3. The van der Waals surface area contributed by atoms with Gasteiger partial charge >= 0.3 is 0 Å². The Balaban J connectivity index is 2.66. The van der Waals surface area contributed by atoms with E-state index in [9.17, 15) is 4.79 Å². The fourth-order valence-electron chi connectivity index (χ4n) is 2.88. The molecule has 3 heteroatoms. The van der Waals surface area contributed by atoms with Gasteiger partial charge in [0, 0.05) is 6.61 Å². The minimum Gasteiger partial charge on any atom is -0.374 e. The molecule has 0 saturated heterocycles. The third-order valence-electron chi connectivity index (χ3n) is 3.93. The maximum absolute atomic E-state index is 12.4. The maximum atomic E-state index is 12.4. The van der Waals surface area contributed by atoms with E-state index in [2.05, 4.69) is 18.7 Å². The van der Waals surface area contributed by atoms with Crippen LogP contribution in [0.1, 0.15) is 46.0 Å². The molecular weight excluding hydrogens is 214 g/mol. The highest BCUT2D eigenvalue weighted by Gasteiger charge is 2.42. The second-order valence-electron chi connectivity index (χ2n) is 5.60. The molecule has 0 bridgehead atoms. The van der Waals surface area contributed by atoms with Crippen LogP contribution < -0.4 is 0 Å². The Morgan fingerprint density at radius 3 is 2.71 bits per heavy atom. The standard InChI is InChI=1S/C14H27NO2/c1-5-9-17-11-13(16)14(15(3)4)8-6-7-12(2)10-14/h12H,5-11H2,1-4H3. The first-order valence-electron chi connectivity index (χ1n) is 6.81. The molecule has 0 aromatic rings. The SMILES string of the molecule is CCCOCC(=O)C1(N(C)C)CCCC(C)C1. The number of carbonyl (C=O) groups is 1. The molecule has 100 valence electrons. The highest BCUT2D eigenvalue weighted by Crippen LogP contribution is 2.36. The number of ketones is 1. The Hall–Kier alpha value is -0.410. The van der Waals surface area contributed by atoms with Crippen LogP contribution in [0.25, 0.3) is 0 Å². The molecule has 1 rings (SSSR count). The largest absolute Gasteiger partial charge is 0.374 e. The molecule has 1 aliphatic carbocycles. The molecule has 3 nitrogen and oxygen atoms in total. The number of hydrogen-bond donors (Lipinski definition) is 0. The Bertz CT molecular complexity index is 253. The summed E-state index contributed by atoms with van der Waals surface area (Å²) in [4.78, 5) is 14.5. The quantitative estimate of drug-likeness (QED) is 0.669. The van der Waals surface area contributed by atoms with Crippen molar-refractivity contribution < 1.29 is 9.53 Å². The van der Waals surface area contributed by atoms with Gasteiger partial charge < -0.3 is 4.74 Å². The van der Waals surface area contributed by atoms with Crippen molar-refractivity contribution in [3.8, 4) is 0 Å². The van der Waals surface area contributed by atoms with Gasteiger partial charge in [-0.2, -0.15) is 0 Å². The van der Waals surface area contributed by atoms with Crippen LogP contribution in [0.2, 0.25) is 0 Å². The number of carbonyl (C=O) groups excluding carboxylic acids is 1. The molecule has 0 spiro atoms. The van der Waals surface area contributed by atoms with Crippen molar-refractivity contribution in [2.75, 3.05) is 27.3 Å². The zero-order chi connectivity index (χ0) is 12.9. The summed E-state index contributed by atoms with van der Waals surface area (Å²) in [5.41, 5.74) is -0.272. The highest BCUT2D eigenvalue weighted by molar-refractivity contribution is 5.89. The van der Waals surface area contributed by atoms with Crippen LogP contribution in [0.4, 0.5) is 0 Å². The predicted molar refractivity (Wildman–Crippen MR) is 70.2 cm³/mol. The van der Waals surface area contributed by atoms with E-state index in [-0.39, 0.29) is 17.9 Å². The lowest BCUT2D eigenvalue weighted by molar-refractivity contribution is -0.137. The molecule has 1 saturated carbocycles. The van der Waals surface area contributed by atoms with Crippen molar-refractivity contribution in [1.82, 2.24) is 4.90 Å². The van der Waals surface area contributed by atoms with Gasteiger partial charge in [-0.3, -0.25) is 9.69 Å². The van der Waals surface area contributed by atoms with E-state index in [1.165, 1.54) is 6.42 Å². The molecule has 0 heterocycles. The highest BCUT2D eigenvalue weighted by atomic mass is 16.5. The topological polar surface area (TPSA) is 29.5 Å². The summed E-state index contributed by atoms with van der Waals surface area (Å²) in [6, 6.07) is 0. The first-order valence-corrected chi connectivity index (χ1v) is 6.81.